The van der Waals surface area contributed by atoms with Crippen LogP contribution in [0.5, 0.6) is 0 Å². The fourth-order valence-corrected chi connectivity index (χ4v) is 2.51. The summed E-state index contributed by atoms with van der Waals surface area (Å²) in [7, 11) is 0. The van der Waals surface area contributed by atoms with Gasteiger partial charge in [-0.2, -0.15) is 11.3 Å². The van der Waals surface area contributed by atoms with Gasteiger partial charge in [-0.3, -0.25) is 0 Å². The van der Waals surface area contributed by atoms with Crippen molar-refractivity contribution < 1.29 is 5.21 Å². The molecule has 0 aliphatic carbocycles. The predicted octanol–water partition coefficient (Wildman–Crippen LogP) is 2.95. The summed E-state index contributed by atoms with van der Waals surface area (Å²) in [6.07, 6.45) is 1.89. The molecule has 1 unspecified atom stereocenters. The Kier molecular flexibility index (Phi) is 5.62. The quantitative estimate of drug-likeness (QED) is 0.234. The van der Waals surface area contributed by atoms with Gasteiger partial charge in [0.1, 0.15) is 5.84 Å². The Balaban J connectivity index is 2.27. The van der Waals surface area contributed by atoms with Crippen LogP contribution < -0.4 is 11.1 Å². The number of nitrogens with one attached hydrogen (secondary N) is 1. The molecule has 4 N–H and O–H groups in total. The first-order valence-corrected chi connectivity index (χ1v) is 7.15. The lowest BCUT2D eigenvalue weighted by Gasteiger charge is -2.23. The second-order valence-corrected chi connectivity index (χ2v) is 5.99. The van der Waals surface area contributed by atoms with E-state index in [-0.39, 0.29) is 5.41 Å². The van der Waals surface area contributed by atoms with E-state index in [9.17, 15) is 0 Å². The van der Waals surface area contributed by atoms with Gasteiger partial charge in [-0.1, -0.05) is 19.0 Å². The zero-order valence-corrected chi connectivity index (χ0v) is 12.1. The van der Waals surface area contributed by atoms with Gasteiger partial charge in [0.15, 0.2) is 0 Å². The van der Waals surface area contributed by atoms with Crippen molar-refractivity contribution in [3.63, 3.8) is 0 Å². The Hall–Kier alpha value is -1.07. The number of oxime groups is 1. The van der Waals surface area contributed by atoms with Crippen LogP contribution in [0.1, 0.15) is 45.2 Å². The molecule has 1 aromatic heterocycles. The summed E-state index contributed by atoms with van der Waals surface area (Å²) in [6, 6.07) is 2.52. The summed E-state index contributed by atoms with van der Waals surface area (Å²) < 4.78 is 0. The SMILES string of the molecule is CC(NCCCC(C)(C)C(N)=NO)c1ccsc1. The summed E-state index contributed by atoms with van der Waals surface area (Å²) in [5.41, 5.74) is 6.73. The average Bonchev–Trinajstić information content (AvgIpc) is 2.87. The first-order chi connectivity index (χ1) is 8.47. The zero-order valence-electron chi connectivity index (χ0n) is 11.3. The Bertz CT molecular complexity index is 374. The van der Waals surface area contributed by atoms with E-state index in [1.165, 1.54) is 5.56 Å². The molecule has 0 amide bonds. The normalized spacial score (nSPS) is 14.7. The maximum Gasteiger partial charge on any atom is 0.144 e. The van der Waals surface area contributed by atoms with Crippen molar-refractivity contribution in [2.75, 3.05) is 6.54 Å². The number of nitrogens with zero attached hydrogens (tertiary/aromatic N) is 1. The third kappa shape index (κ3) is 4.31. The molecule has 0 fully saturated rings. The van der Waals surface area contributed by atoms with Crippen LogP contribution in [0, 0.1) is 5.41 Å². The first kappa shape index (κ1) is 15.0. The monoisotopic (exact) mass is 269 g/mol. The molecule has 0 aliphatic heterocycles. The van der Waals surface area contributed by atoms with Crippen molar-refractivity contribution in [1.29, 1.82) is 0 Å². The second kappa shape index (κ2) is 6.75. The Labute approximate surface area is 113 Å². The number of rotatable bonds is 7. The van der Waals surface area contributed by atoms with Crippen molar-refractivity contribution in [3.05, 3.63) is 22.4 Å². The van der Waals surface area contributed by atoms with E-state index in [1.54, 1.807) is 11.3 Å². The largest absolute Gasteiger partial charge is 0.409 e. The molecular weight excluding hydrogens is 246 g/mol. The van der Waals surface area contributed by atoms with Crippen LogP contribution in [0.2, 0.25) is 0 Å². The number of thiophene rings is 1. The van der Waals surface area contributed by atoms with Crippen LogP contribution in [0.3, 0.4) is 0 Å². The number of hydrogen-bond acceptors (Lipinski definition) is 4. The van der Waals surface area contributed by atoms with Crippen molar-refractivity contribution in [2.45, 2.75) is 39.7 Å². The minimum absolute atomic E-state index is 0.248. The minimum atomic E-state index is -0.248. The van der Waals surface area contributed by atoms with Crippen molar-refractivity contribution in [1.82, 2.24) is 5.32 Å². The fourth-order valence-electron chi connectivity index (χ4n) is 1.75. The van der Waals surface area contributed by atoms with E-state index in [1.807, 2.05) is 13.8 Å². The van der Waals surface area contributed by atoms with Gasteiger partial charge in [0.2, 0.25) is 0 Å². The fraction of sp³-hybridized carbons (Fsp3) is 0.615. The third-order valence-electron chi connectivity index (χ3n) is 3.27. The standard InChI is InChI=1S/C13H23N3OS/c1-10(11-5-8-18-9-11)15-7-4-6-13(2,3)12(14)16-17/h5,8-10,15,17H,4,6-7H2,1-3H3,(H2,14,16). The second-order valence-electron chi connectivity index (χ2n) is 5.21. The number of nitrogens with two attached hydrogens (primary N) is 1. The summed E-state index contributed by atoms with van der Waals surface area (Å²) in [4.78, 5) is 0. The Morgan fingerprint density at radius 3 is 2.89 bits per heavy atom. The van der Waals surface area contributed by atoms with Crippen molar-refractivity contribution >= 4 is 17.2 Å². The van der Waals surface area contributed by atoms with Crippen LogP contribution in [-0.4, -0.2) is 17.6 Å². The minimum Gasteiger partial charge on any atom is -0.409 e. The molecule has 0 saturated carbocycles. The molecule has 1 heterocycles. The van der Waals surface area contributed by atoms with Crippen molar-refractivity contribution in [3.8, 4) is 0 Å². The topological polar surface area (TPSA) is 70.6 Å². The summed E-state index contributed by atoms with van der Waals surface area (Å²) >= 11 is 1.72. The van der Waals surface area contributed by atoms with Gasteiger partial charge in [-0.05, 0) is 48.7 Å². The number of amidine groups is 1. The van der Waals surface area contributed by atoms with E-state index >= 15 is 0 Å². The number of hydrogen-bond donors (Lipinski definition) is 3. The van der Waals surface area contributed by atoms with E-state index in [2.05, 4.69) is 34.2 Å². The third-order valence-corrected chi connectivity index (χ3v) is 3.97. The van der Waals surface area contributed by atoms with Gasteiger partial charge >= 0.3 is 0 Å². The lowest BCUT2D eigenvalue weighted by molar-refractivity contribution is 0.304. The molecule has 18 heavy (non-hydrogen) atoms. The molecule has 5 heteroatoms. The molecule has 0 bridgehead atoms. The highest BCUT2D eigenvalue weighted by molar-refractivity contribution is 7.07. The van der Waals surface area contributed by atoms with Gasteiger partial charge in [0.25, 0.3) is 0 Å². The molecule has 0 aliphatic rings. The molecule has 1 atom stereocenters. The van der Waals surface area contributed by atoms with Gasteiger partial charge in [-0.15, -0.1) is 0 Å². The zero-order chi connectivity index (χ0) is 13.6. The Morgan fingerprint density at radius 1 is 1.61 bits per heavy atom. The highest BCUT2D eigenvalue weighted by Crippen LogP contribution is 2.22. The van der Waals surface area contributed by atoms with Crippen LogP contribution in [0.15, 0.2) is 22.0 Å². The smallest absolute Gasteiger partial charge is 0.144 e. The molecule has 0 spiro atoms. The lowest BCUT2D eigenvalue weighted by Crippen LogP contribution is -2.32. The van der Waals surface area contributed by atoms with Gasteiger partial charge < -0.3 is 16.3 Å². The van der Waals surface area contributed by atoms with E-state index in [0.29, 0.717) is 11.9 Å². The van der Waals surface area contributed by atoms with Crippen LogP contribution in [-0.2, 0) is 0 Å². The lowest BCUT2D eigenvalue weighted by atomic mass is 9.86. The molecule has 0 radical (unpaired) electrons. The van der Waals surface area contributed by atoms with E-state index in [4.69, 9.17) is 10.9 Å². The van der Waals surface area contributed by atoms with Crippen LogP contribution >= 0.6 is 11.3 Å². The molecule has 1 rings (SSSR count). The highest BCUT2D eigenvalue weighted by Gasteiger charge is 2.22. The Morgan fingerprint density at radius 2 is 2.33 bits per heavy atom. The highest BCUT2D eigenvalue weighted by atomic mass is 32.1. The maximum absolute atomic E-state index is 8.69. The summed E-state index contributed by atoms with van der Waals surface area (Å²) in [6.45, 7) is 7.07. The predicted molar refractivity (Wildman–Crippen MR) is 77.2 cm³/mol. The first-order valence-electron chi connectivity index (χ1n) is 6.21. The van der Waals surface area contributed by atoms with Gasteiger partial charge in [0, 0.05) is 11.5 Å². The molecule has 0 saturated heterocycles. The molecule has 1 aromatic rings. The van der Waals surface area contributed by atoms with Gasteiger partial charge in [0.05, 0.1) is 0 Å². The van der Waals surface area contributed by atoms with E-state index in [0.717, 1.165) is 19.4 Å². The summed E-state index contributed by atoms with van der Waals surface area (Å²) in [5, 5.41) is 19.5. The molecule has 0 aromatic carbocycles. The molecule has 102 valence electrons. The summed E-state index contributed by atoms with van der Waals surface area (Å²) in [5.74, 6) is 0.299. The average molecular weight is 269 g/mol. The van der Waals surface area contributed by atoms with Crippen molar-refractivity contribution in [2.24, 2.45) is 16.3 Å². The maximum atomic E-state index is 8.69. The molecule has 4 nitrogen and oxygen atoms in total. The van der Waals surface area contributed by atoms with E-state index < -0.39 is 0 Å². The molecular formula is C13H23N3OS. The van der Waals surface area contributed by atoms with Crippen LogP contribution in [0.4, 0.5) is 0 Å². The van der Waals surface area contributed by atoms with Crippen LogP contribution in [0.25, 0.3) is 0 Å². The van der Waals surface area contributed by atoms with Gasteiger partial charge in [-0.25, -0.2) is 0 Å².